The van der Waals surface area contributed by atoms with Gasteiger partial charge in [-0.2, -0.15) is 9.97 Å². The molecule has 180 valence electrons. The van der Waals surface area contributed by atoms with Gasteiger partial charge in [0, 0.05) is 18.2 Å². The Morgan fingerprint density at radius 2 is 2.03 bits per heavy atom. The van der Waals surface area contributed by atoms with Gasteiger partial charge in [-0.15, -0.1) is 0 Å². The molecule has 9 nitrogen and oxygen atoms in total. The molecule has 2 amide bonds. The van der Waals surface area contributed by atoms with E-state index in [2.05, 4.69) is 15.3 Å². The van der Waals surface area contributed by atoms with E-state index in [1.165, 1.54) is 30.2 Å². The molecular weight excluding hydrogens is 455 g/mol. The number of ether oxygens (including phenoxy) is 2. The molecule has 0 saturated carbocycles. The number of anilines is 1. The molecule has 0 unspecified atom stereocenters. The van der Waals surface area contributed by atoms with Crippen LogP contribution < -0.4 is 15.0 Å². The summed E-state index contributed by atoms with van der Waals surface area (Å²) in [7, 11) is 1.39. The predicted molar refractivity (Wildman–Crippen MR) is 126 cm³/mol. The van der Waals surface area contributed by atoms with Gasteiger partial charge in [0.25, 0.3) is 0 Å². The average Bonchev–Trinajstić information content (AvgIpc) is 3.28. The molecule has 0 atom stereocenters. The Morgan fingerprint density at radius 3 is 2.66 bits per heavy atom. The number of nitrogens with zero attached hydrogens (tertiary/aromatic N) is 3. The van der Waals surface area contributed by atoms with Crippen LogP contribution in [0.25, 0.3) is 17.2 Å². The highest BCUT2D eigenvalue weighted by atomic mass is 19.1. The molecule has 4 rings (SSSR count). The summed E-state index contributed by atoms with van der Waals surface area (Å²) in [5, 5.41) is 12.7. The number of hydrogen-bond acceptors (Lipinski definition) is 7. The summed E-state index contributed by atoms with van der Waals surface area (Å²) in [4.78, 5) is 33.1. The zero-order valence-corrected chi connectivity index (χ0v) is 19.1. The van der Waals surface area contributed by atoms with Gasteiger partial charge in [-0.25, -0.2) is 9.18 Å². The largest absolute Gasteiger partial charge is 0.493 e. The molecule has 3 aromatic rings. The Hall–Kier alpha value is -4.47. The Morgan fingerprint density at radius 1 is 1.26 bits per heavy atom. The smallest absolute Gasteiger partial charge is 0.414 e. The number of cyclic esters (lactones) is 1. The van der Waals surface area contributed by atoms with Crippen molar-refractivity contribution in [3.8, 4) is 23.0 Å². The number of aromatic nitrogens is 2. The molecule has 0 aliphatic carbocycles. The van der Waals surface area contributed by atoms with Crippen molar-refractivity contribution in [3.05, 3.63) is 71.2 Å². The molecule has 2 aromatic carbocycles. The van der Waals surface area contributed by atoms with Crippen LogP contribution in [0.2, 0.25) is 0 Å². The van der Waals surface area contributed by atoms with E-state index in [0.717, 1.165) is 5.56 Å². The molecular formula is C25H23FN4O5. The monoisotopic (exact) mass is 478 g/mol. The fourth-order valence-electron chi connectivity index (χ4n) is 3.57. The highest BCUT2D eigenvalue weighted by Gasteiger charge is 2.24. The van der Waals surface area contributed by atoms with Crippen LogP contribution in [-0.2, 0) is 16.1 Å². The molecule has 35 heavy (non-hydrogen) atoms. The minimum atomic E-state index is -0.484. The Bertz CT molecular complexity index is 1270. The molecule has 2 N–H and O–H groups in total. The number of benzene rings is 2. The van der Waals surface area contributed by atoms with E-state index in [1.807, 2.05) is 0 Å². The number of aryl methyl sites for hydroxylation is 1. The van der Waals surface area contributed by atoms with Crippen molar-refractivity contribution in [1.29, 1.82) is 0 Å². The molecule has 1 aromatic heterocycles. The summed E-state index contributed by atoms with van der Waals surface area (Å²) in [6.45, 7) is 2.60. The third-order valence-corrected chi connectivity index (χ3v) is 5.44. The van der Waals surface area contributed by atoms with Crippen LogP contribution in [0.5, 0.6) is 11.9 Å². The number of nitrogens with one attached hydrogen (secondary N) is 1. The maximum absolute atomic E-state index is 14.7. The van der Waals surface area contributed by atoms with Crippen LogP contribution in [0.4, 0.5) is 14.9 Å². The first-order valence-corrected chi connectivity index (χ1v) is 10.8. The third kappa shape index (κ3) is 5.37. The van der Waals surface area contributed by atoms with Gasteiger partial charge in [0.2, 0.25) is 11.8 Å². The van der Waals surface area contributed by atoms with Gasteiger partial charge in [-0.05, 0) is 42.3 Å². The Kier molecular flexibility index (Phi) is 6.91. The molecule has 0 spiro atoms. The van der Waals surface area contributed by atoms with Crippen LogP contribution in [0.3, 0.4) is 0 Å². The SMILES string of the molecule is COc1nc(C)c(/C=C/C(=O)NCc2ccc(-c3ccc(N4CCOC4=O)cc3F)cc2)c(O)n1. The second kappa shape index (κ2) is 10.2. The van der Waals surface area contributed by atoms with Crippen molar-refractivity contribution in [1.82, 2.24) is 15.3 Å². The van der Waals surface area contributed by atoms with Crippen molar-refractivity contribution in [2.24, 2.45) is 0 Å². The number of hydrogen-bond donors (Lipinski definition) is 2. The van der Waals surface area contributed by atoms with Crippen molar-refractivity contribution < 1.29 is 28.6 Å². The maximum Gasteiger partial charge on any atom is 0.414 e. The van der Waals surface area contributed by atoms with Crippen LogP contribution in [0.15, 0.2) is 48.5 Å². The second-order valence-electron chi connectivity index (χ2n) is 7.71. The fourth-order valence-corrected chi connectivity index (χ4v) is 3.57. The van der Waals surface area contributed by atoms with Gasteiger partial charge in [0.15, 0.2) is 0 Å². The van der Waals surface area contributed by atoms with E-state index in [1.54, 1.807) is 43.3 Å². The number of rotatable bonds is 7. The van der Waals surface area contributed by atoms with Gasteiger partial charge >= 0.3 is 12.1 Å². The van der Waals surface area contributed by atoms with E-state index in [-0.39, 0.29) is 30.9 Å². The lowest BCUT2D eigenvalue weighted by molar-refractivity contribution is -0.116. The maximum atomic E-state index is 14.7. The first kappa shape index (κ1) is 23.7. The van der Waals surface area contributed by atoms with Crippen molar-refractivity contribution >= 4 is 23.8 Å². The number of aromatic hydroxyl groups is 1. The topological polar surface area (TPSA) is 114 Å². The van der Waals surface area contributed by atoms with Crippen molar-refractivity contribution in [3.63, 3.8) is 0 Å². The lowest BCUT2D eigenvalue weighted by atomic mass is 10.0. The highest BCUT2D eigenvalue weighted by molar-refractivity contribution is 5.92. The molecule has 2 heterocycles. The van der Waals surface area contributed by atoms with Gasteiger partial charge in [-0.1, -0.05) is 24.3 Å². The minimum absolute atomic E-state index is 0.0390. The quantitative estimate of drug-likeness (QED) is 0.499. The number of amides is 2. The normalized spacial score (nSPS) is 13.2. The molecule has 0 radical (unpaired) electrons. The zero-order valence-electron chi connectivity index (χ0n) is 19.1. The first-order valence-electron chi connectivity index (χ1n) is 10.8. The summed E-state index contributed by atoms with van der Waals surface area (Å²) in [5.74, 6) is -1.10. The highest BCUT2D eigenvalue weighted by Crippen LogP contribution is 2.28. The summed E-state index contributed by atoms with van der Waals surface area (Å²) in [6.07, 6.45) is 2.22. The molecule has 1 aliphatic heterocycles. The zero-order chi connectivity index (χ0) is 24.9. The minimum Gasteiger partial charge on any atom is -0.493 e. The summed E-state index contributed by atoms with van der Waals surface area (Å²) >= 11 is 0. The summed E-state index contributed by atoms with van der Waals surface area (Å²) in [5.41, 5.74) is 3.12. The van der Waals surface area contributed by atoms with Gasteiger partial charge in [0.05, 0.1) is 30.6 Å². The lowest BCUT2D eigenvalue weighted by Crippen LogP contribution is -2.23. The summed E-state index contributed by atoms with van der Waals surface area (Å²) < 4.78 is 24.5. The third-order valence-electron chi connectivity index (χ3n) is 5.44. The molecule has 1 fully saturated rings. The molecule has 10 heteroatoms. The average molecular weight is 478 g/mol. The van der Waals surface area contributed by atoms with E-state index in [9.17, 15) is 19.1 Å². The number of carbonyl (C=O) groups excluding carboxylic acids is 2. The Balaban J connectivity index is 1.37. The Labute approximate surface area is 200 Å². The number of halogens is 1. The fraction of sp³-hybridized carbons (Fsp3) is 0.200. The van der Waals surface area contributed by atoms with E-state index < -0.39 is 11.9 Å². The van der Waals surface area contributed by atoms with Crippen LogP contribution in [-0.4, -0.2) is 47.3 Å². The van der Waals surface area contributed by atoms with Crippen LogP contribution in [0, 0.1) is 12.7 Å². The standard InChI is InChI=1S/C25H23FN4O5/c1-15-19(23(32)29-24(28-15)34-2)9-10-22(31)27-14-16-3-5-17(6-4-16)20-8-7-18(13-21(20)26)30-11-12-35-25(30)33/h3-10,13H,11-12,14H2,1-2H3,(H,27,31)(H,28,29,32)/b10-9+. The van der Waals surface area contributed by atoms with Crippen molar-refractivity contribution in [2.75, 3.05) is 25.2 Å². The number of carbonyl (C=O) groups is 2. The second-order valence-corrected chi connectivity index (χ2v) is 7.71. The molecule has 0 bridgehead atoms. The molecule has 1 saturated heterocycles. The number of methoxy groups -OCH3 is 1. The van der Waals surface area contributed by atoms with Gasteiger partial charge in [-0.3, -0.25) is 9.69 Å². The predicted octanol–water partition coefficient (Wildman–Crippen LogP) is 3.59. The lowest BCUT2D eigenvalue weighted by Gasteiger charge is -2.14. The van der Waals surface area contributed by atoms with E-state index in [0.29, 0.717) is 34.6 Å². The van der Waals surface area contributed by atoms with Crippen LogP contribution in [0.1, 0.15) is 16.8 Å². The molecule has 1 aliphatic rings. The van der Waals surface area contributed by atoms with Crippen molar-refractivity contribution in [2.45, 2.75) is 13.5 Å². The van der Waals surface area contributed by atoms with Gasteiger partial charge in [0.1, 0.15) is 12.4 Å². The summed E-state index contributed by atoms with van der Waals surface area (Å²) in [6, 6.07) is 11.8. The van der Waals surface area contributed by atoms with E-state index in [4.69, 9.17) is 9.47 Å². The van der Waals surface area contributed by atoms with E-state index >= 15 is 0 Å². The first-order chi connectivity index (χ1) is 16.9. The van der Waals surface area contributed by atoms with Gasteiger partial charge < -0.3 is 19.9 Å². The van der Waals surface area contributed by atoms with Crippen LogP contribution >= 0.6 is 0 Å².